The number of rotatable bonds is 4. The van der Waals surface area contributed by atoms with Crippen molar-refractivity contribution in [3.63, 3.8) is 0 Å². The number of aryl methyl sites for hydroxylation is 2. The maximum absolute atomic E-state index is 13.4. The third-order valence-corrected chi connectivity index (χ3v) is 8.79. The Morgan fingerprint density at radius 1 is 1.03 bits per heavy atom. The average molecular weight is 484 g/mol. The predicted octanol–water partition coefficient (Wildman–Crippen LogP) is 2.59. The molecule has 5 rings (SSSR count). The van der Waals surface area contributed by atoms with Gasteiger partial charge in [-0.3, -0.25) is 4.79 Å². The van der Waals surface area contributed by atoms with Crippen molar-refractivity contribution in [2.24, 2.45) is 5.92 Å². The molecule has 1 aromatic heterocycles. The summed E-state index contributed by atoms with van der Waals surface area (Å²) in [5.74, 6) is -0.299. The molecule has 9 nitrogen and oxygen atoms in total. The highest BCUT2D eigenvalue weighted by atomic mass is 32.2. The zero-order valence-corrected chi connectivity index (χ0v) is 20.3. The number of carbonyl (C=O) groups is 1. The molecule has 0 radical (unpaired) electrons. The summed E-state index contributed by atoms with van der Waals surface area (Å²) in [7, 11) is -3.82. The van der Waals surface area contributed by atoms with Crippen molar-refractivity contribution < 1.29 is 17.8 Å². The zero-order valence-electron chi connectivity index (χ0n) is 19.5. The van der Waals surface area contributed by atoms with Gasteiger partial charge in [-0.25, -0.2) is 13.0 Å². The molecule has 10 heteroatoms. The Bertz CT molecular complexity index is 1310. The van der Waals surface area contributed by atoms with Gasteiger partial charge in [0.1, 0.15) is 10.4 Å². The number of piperazine rings is 1. The monoisotopic (exact) mass is 483 g/mol. The Labute approximate surface area is 199 Å². The van der Waals surface area contributed by atoms with Gasteiger partial charge >= 0.3 is 0 Å². The minimum atomic E-state index is -3.82. The van der Waals surface area contributed by atoms with E-state index in [9.17, 15) is 13.2 Å². The van der Waals surface area contributed by atoms with E-state index in [1.54, 1.807) is 12.1 Å². The van der Waals surface area contributed by atoms with Crippen molar-refractivity contribution in [1.29, 1.82) is 0 Å². The summed E-state index contributed by atoms with van der Waals surface area (Å²) in [6.07, 6.45) is 1.34. The van der Waals surface area contributed by atoms with Gasteiger partial charge in [-0.2, -0.15) is 4.31 Å². The zero-order chi connectivity index (χ0) is 23.9. The van der Waals surface area contributed by atoms with Crippen LogP contribution < -0.4 is 4.90 Å². The van der Waals surface area contributed by atoms with Crippen LogP contribution >= 0.6 is 0 Å². The van der Waals surface area contributed by atoms with E-state index in [4.69, 9.17) is 4.63 Å². The van der Waals surface area contributed by atoms with Crippen molar-refractivity contribution in [2.45, 2.75) is 31.6 Å². The fourth-order valence-corrected chi connectivity index (χ4v) is 6.64. The van der Waals surface area contributed by atoms with E-state index in [1.807, 2.05) is 4.90 Å². The van der Waals surface area contributed by atoms with E-state index < -0.39 is 10.0 Å². The number of sulfonamides is 1. The Hall–Kier alpha value is -2.98. The van der Waals surface area contributed by atoms with Crippen molar-refractivity contribution in [1.82, 2.24) is 19.5 Å². The first-order chi connectivity index (χ1) is 16.3. The Kier molecular flexibility index (Phi) is 6.03. The molecule has 2 fully saturated rings. The highest BCUT2D eigenvalue weighted by Crippen LogP contribution is 2.29. The number of aromatic nitrogens is 2. The maximum atomic E-state index is 13.4. The van der Waals surface area contributed by atoms with Crippen LogP contribution in [0.1, 0.15) is 24.0 Å². The molecule has 0 N–H and O–H groups in total. The maximum Gasteiger partial charge on any atom is 0.245 e. The first kappa shape index (κ1) is 22.8. The molecule has 0 saturated carbocycles. The second kappa shape index (κ2) is 8.99. The number of hydrogen-bond donors (Lipinski definition) is 0. The van der Waals surface area contributed by atoms with Gasteiger partial charge in [0.25, 0.3) is 0 Å². The number of anilines is 1. The second-order valence-corrected chi connectivity index (χ2v) is 11.1. The van der Waals surface area contributed by atoms with Crippen molar-refractivity contribution in [3.05, 3.63) is 47.5 Å². The lowest BCUT2D eigenvalue weighted by molar-refractivity contribution is -0.137. The summed E-state index contributed by atoms with van der Waals surface area (Å²) < 4.78 is 32.9. The van der Waals surface area contributed by atoms with Crippen LogP contribution in [0.4, 0.5) is 5.69 Å². The van der Waals surface area contributed by atoms with Crippen LogP contribution in [0.2, 0.25) is 0 Å². The smallest absolute Gasteiger partial charge is 0.245 e. The molecule has 2 aliphatic rings. The summed E-state index contributed by atoms with van der Waals surface area (Å²) in [5, 5.41) is 7.53. The number of carbonyl (C=O) groups excluding carboxylic acids is 1. The van der Waals surface area contributed by atoms with Crippen LogP contribution in [0.15, 0.2) is 45.9 Å². The number of amides is 1. The first-order valence-electron chi connectivity index (χ1n) is 11.7. The molecule has 3 aromatic rings. The quantitative estimate of drug-likeness (QED) is 0.562. The standard InChI is InChI=1S/C24H29N5O4S/c1-17-8-9-18(2)21(15-17)27-11-13-28(14-12-27)24(30)19-5-4-10-29(16-19)34(31,32)22-7-3-6-20-23(22)26-33-25-20/h3,6-9,15,19H,4-5,10-14,16H2,1-2H3/t19-/m1/s1. The first-order valence-corrected chi connectivity index (χ1v) is 13.1. The molecule has 3 heterocycles. The van der Waals surface area contributed by atoms with E-state index in [-0.39, 0.29) is 28.8 Å². The van der Waals surface area contributed by atoms with E-state index in [0.29, 0.717) is 38.0 Å². The number of hydrogen-bond acceptors (Lipinski definition) is 7. The van der Waals surface area contributed by atoms with Gasteiger partial charge in [-0.05, 0) is 66.3 Å². The molecule has 0 aliphatic carbocycles. The average Bonchev–Trinajstić information content (AvgIpc) is 3.34. The highest BCUT2D eigenvalue weighted by Gasteiger charge is 2.37. The fourth-order valence-electron chi connectivity index (χ4n) is 4.98. The van der Waals surface area contributed by atoms with Gasteiger partial charge in [-0.1, -0.05) is 18.2 Å². The van der Waals surface area contributed by atoms with Crippen LogP contribution in [0.3, 0.4) is 0 Å². The van der Waals surface area contributed by atoms with Gasteiger partial charge in [0, 0.05) is 45.0 Å². The molecule has 34 heavy (non-hydrogen) atoms. The molecule has 180 valence electrons. The lowest BCUT2D eigenvalue weighted by atomic mass is 9.97. The van der Waals surface area contributed by atoms with Crippen molar-refractivity contribution in [2.75, 3.05) is 44.2 Å². The molecule has 2 aromatic carbocycles. The molecule has 0 spiro atoms. The number of benzene rings is 2. The molecular formula is C24H29N5O4S. The SMILES string of the molecule is Cc1ccc(C)c(N2CCN(C(=O)[C@@H]3CCCN(S(=O)(=O)c4cccc5nonc45)C3)CC2)c1. The molecule has 2 aliphatic heterocycles. The molecule has 1 atom stereocenters. The van der Waals surface area contributed by atoms with Gasteiger partial charge < -0.3 is 9.80 Å². The van der Waals surface area contributed by atoms with E-state index in [1.165, 1.54) is 27.2 Å². The number of fused-ring (bicyclic) bond motifs is 1. The highest BCUT2D eigenvalue weighted by molar-refractivity contribution is 7.89. The summed E-state index contributed by atoms with van der Waals surface area (Å²) in [6, 6.07) is 11.2. The van der Waals surface area contributed by atoms with Crippen LogP contribution in [-0.4, -0.2) is 73.1 Å². The Morgan fingerprint density at radius 2 is 1.82 bits per heavy atom. The van der Waals surface area contributed by atoms with Crippen LogP contribution in [0.5, 0.6) is 0 Å². The van der Waals surface area contributed by atoms with Crippen LogP contribution in [0.25, 0.3) is 11.0 Å². The van der Waals surface area contributed by atoms with Crippen LogP contribution in [-0.2, 0) is 14.8 Å². The molecule has 2 saturated heterocycles. The summed E-state index contributed by atoms with van der Waals surface area (Å²) in [4.78, 5) is 17.6. The van der Waals surface area contributed by atoms with Gasteiger partial charge in [-0.15, -0.1) is 0 Å². The lowest BCUT2D eigenvalue weighted by Gasteiger charge is -2.40. The predicted molar refractivity (Wildman–Crippen MR) is 128 cm³/mol. The second-order valence-electron chi connectivity index (χ2n) is 9.19. The van der Waals surface area contributed by atoms with E-state index in [0.717, 1.165) is 13.1 Å². The van der Waals surface area contributed by atoms with Crippen molar-refractivity contribution >= 4 is 32.7 Å². The Morgan fingerprint density at radius 3 is 2.62 bits per heavy atom. The van der Waals surface area contributed by atoms with E-state index in [2.05, 4.69) is 47.3 Å². The molecule has 0 unspecified atom stereocenters. The molecule has 0 bridgehead atoms. The van der Waals surface area contributed by atoms with Gasteiger partial charge in [0.05, 0.1) is 5.92 Å². The number of nitrogens with zero attached hydrogens (tertiary/aromatic N) is 5. The third kappa shape index (κ3) is 4.16. The number of piperidine rings is 1. The lowest BCUT2D eigenvalue weighted by Crippen LogP contribution is -2.53. The largest absolute Gasteiger partial charge is 0.368 e. The summed E-state index contributed by atoms with van der Waals surface area (Å²) in [6.45, 7) is 7.58. The molecular weight excluding hydrogens is 454 g/mol. The topological polar surface area (TPSA) is 99.8 Å². The van der Waals surface area contributed by atoms with Crippen LogP contribution in [0, 0.1) is 19.8 Å². The summed E-state index contributed by atoms with van der Waals surface area (Å²) in [5.41, 5.74) is 4.29. The minimum Gasteiger partial charge on any atom is -0.368 e. The normalized spacial score (nSPS) is 20.1. The Balaban J connectivity index is 1.27. The minimum absolute atomic E-state index is 0.0434. The van der Waals surface area contributed by atoms with Gasteiger partial charge in [0.15, 0.2) is 5.52 Å². The third-order valence-electron chi connectivity index (χ3n) is 6.90. The van der Waals surface area contributed by atoms with Gasteiger partial charge in [0.2, 0.25) is 15.9 Å². The molecule has 1 amide bonds. The summed E-state index contributed by atoms with van der Waals surface area (Å²) >= 11 is 0. The van der Waals surface area contributed by atoms with Crippen molar-refractivity contribution in [3.8, 4) is 0 Å². The van der Waals surface area contributed by atoms with E-state index >= 15 is 0 Å². The fraction of sp³-hybridized carbons (Fsp3) is 0.458.